The molecular formula is C24H29FN2O3S. The number of benzene rings is 1. The minimum Gasteiger partial charge on any atom is -0.491 e. The molecule has 7 heteroatoms. The fourth-order valence-corrected chi connectivity index (χ4v) is 4.98. The number of hydrogen-bond donors (Lipinski definition) is 0. The summed E-state index contributed by atoms with van der Waals surface area (Å²) in [6.45, 7) is 5.06. The number of carbonyl (C=O) groups excluding carboxylic acids is 2. The van der Waals surface area contributed by atoms with Gasteiger partial charge in [0.05, 0.1) is 6.04 Å². The number of amides is 2. The molecular weight excluding hydrogens is 415 g/mol. The van der Waals surface area contributed by atoms with E-state index in [1.807, 2.05) is 24.1 Å². The SMILES string of the molecule is CC[C@@H](C)N(CC(=O)N1CCc2sccc2[C@H]1COc1ccc(F)cc1)C(=O)C1CC1. The molecule has 0 unspecified atom stereocenters. The standard InChI is InChI=1S/C24H29FN2O3S/c1-3-16(2)27(24(29)17-4-5-17)14-23(28)26-12-10-22-20(11-13-31-22)21(26)15-30-19-8-6-18(25)7-9-19/h6-9,11,13,16-17,21H,3-5,10,12,14-15H2,1-2H3/t16-,21-/m1/s1. The lowest BCUT2D eigenvalue weighted by Gasteiger charge is -2.38. The van der Waals surface area contributed by atoms with Crippen LogP contribution in [0.4, 0.5) is 4.39 Å². The van der Waals surface area contributed by atoms with Gasteiger partial charge in [0.25, 0.3) is 0 Å². The molecule has 1 aliphatic heterocycles. The number of fused-ring (bicyclic) bond motifs is 1. The summed E-state index contributed by atoms with van der Waals surface area (Å²) in [7, 11) is 0. The molecule has 166 valence electrons. The lowest BCUT2D eigenvalue weighted by Crippen LogP contribution is -2.50. The maximum Gasteiger partial charge on any atom is 0.242 e. The van der Waals surface area contributed by atoms with Gasteiger partial charge in [0, 0.05) is 23.4 Å². The third-order valence-corrected chi connectivity index (χ3v) is 7.27. The predicted octanol–water partition coefficient (Wildman–Crippen LogP) is 4.43. The van der Waals surface area contributed by atoms with Crippen LogP contribution in [0.3, 0.4) is 0 Å². The zero-order valence-electron chi connectivity index (χ0n) is 18.1. The van der Waals surface area contributed by atoms with Gasteiger partial charge in [-0.15, -0.1) is 11.3 Å². The molecule has 2 aliphatic rings. The number of hydrogen-bond acceptors (Lipinski definition) is 4. The Balaban J connectivity index is 1.50. The fourth-order valence-electron chi connectivity index (χ4n) is 4.05. The van der Waals surface area contributed by atoms with Crippen LogP contribution in [-0.2, 0) is 16.0 Å². The van der Waals surface area contributed by atoms with E-state index < -0.39 is 0 Å². The van der Waals surface area contributed by atoms with Crippen molar-refractivity contribution in [1.82, 2.24) is 9.80 Å². The van der Waals surface area contributed by atoms with Gasteiger partial charge < -0.3 is 14.5 Å². The molecule has 2 heterocycles. The number of halogens is 1. The van der Waals surface area contributed by atoms with E-state index in [0.29, 0.717) is 18.9 Å². The number of rotatable bonds is 8. The van der Waals surface area contributed by atoms with Gasteiger partial charge in [-0.2, -0.15) is 0 Å². The highest BCUT2D eigenvalue weighted by Gasteiger charge is 2.38. The average molecular weight is 445 g/mol. The molecule has 2 aromatic rings. The van der Waals surface area contributed by atoms with E-state index in [0.717, 1.165) is 31.2 Å². The molecule has 2 atom stereocenters. The van der Waals surface area contributed by atoms with Crippen LogP contribution >= 0.6 is 11.3 Å². The highest BCUT2D eigenvalue weighted by atomic mass is 32.1. The van der Waals surface area contributed by atoms with Crippen LogP contribution in [0.2, 0.25) is 0 Å². The Hall–Kier alpha value is -2.41. The zero-order valence-corrected chi connectivity index (χ0v) is 18.9. The Morgan fingerprint density at radius 3 is 2.68 bits per heavy atom. The van der Waals surface area contributed by atoms with Crippen molar-refractivity contribution in [2.45, 2.75) is 51.6 Å². The number of carbonyl (C=O) groups is 2. The predicted molar refractivity (Wildman–Crippen MR) is 119 cm³/mol. The third kappa shape index (κ3) is 4.92. The second-order valence-electron chi connectivity index (χ2n) is 8.41. The van der Waals surface area contributed by atoms with E-state index in [4.69, 9.17) is 4.74 Å². The van der Waals surface area contributed by atoms with Crippen LogP contribution in [0.15, 0.2) is 35.7 Å². The zero-order chi connectivity index (χ0) is 22.0. The van der Waals surface area contributed by atoms with Gasteiger partial charge in [0.1, 0.15) is 24.7 Å². The third-order valence-electron chi connectivity index (χ3n) is 6.27. The topological polar surface area (TPSA) is 49.9 Å². The molecule has 0 N–H and O–H groups in total. The molecule has 0 spiro atoms. The largest absolute Gasteiger partial charge is 0.491 e. The van der Waals surface area contributed by atoms with E-state index in [1.54, 1.807) is 28.4 Å². The summed E-state index contributed by atoms with van der Waals surface area (Å²) in [5.41, 5.74) is 1.11. The molecule has 0 saturated heterocycles. The highest BCUT2D eigenvalue weighted by Crippen LogP contribution is 2.35. The number of ether oxygens (including phenoxy) is 1. The smallest absolute Gasteiger partial charge is 0.242 e. The van der Waals surface area contributed by atoms with Gasteiger partial charge in [-0.05, 0) is 73.9 Å². The first-order chi connectivity index (χ1) is 15.0. The molecule has 1 saturated carbocycles. The highest BCUT2D eigenvalue weighted by molar-refractivity contribution is 7.10. The molecule has 4 rings (SSSR count). The van der Waals surface area contributed by atoms with Crippen molar-refractivity contribution in [2.75, 3.05) is 19.7 Å². The van der Waals surface area contributed by atoms with Crippen molar-refractivity contribution < 1.29 is 18.7 Å². The van der Waals surface area contributed by atoms with Gasteiger partial charge in [0.15, 0.2) is 0 Å². The monoisotopic (exact) mass is 444 g/mol. The summed E-state index contributed by atoms with van der Waals surface area (Å²) in [5, 5.41) is 2.05. The van der Waals surface area contributed by atoms with Crippen molar-refractivity contribution in [3.05, 3.63) is 52.0 Å². The molecule has 0 bridgehead atoms. The number of nitrogens with zero attached hydrogens (tertiary/aromatic N) is 2. The van der Waals surface area contributed by atoms with Gasteiger partial charge >= 0.3 is 0 Å². The Kier molecular flexibility index (Phi) is 6.60. The van der Waals surface area contributed by atoms with E-state index >= 15 is 0 Å². The molecule has 5 nitrogen and oxygen atoms in total. The Labute approximate surface area is 186 Å². The Morgan fingerprint density at radius 1 is 1.26 bits per heavy atom. The van der Waals surface area contributed by atoms with E-state index in [-0.39, 0.29) is 42.2 Å². The summed E-state index contributed by atoms with van der Waals surface area (Å²) in [6, 6.07) is 7.79. The molecule has 1 aromatic heterocycles. The summed E-state index contributed by atoms with van der Waals surface area (Å²) < 4.78 is 19.1. The fraction of sp³-hybridized carbons (Fsp3) is 0.500. The maximum absolute atomic E-state index is 13.4. The van der Waals surface area contributed by atoms with Crippen molar-refractivity contribution >= 4 is 23.2 Å². The van der Waals surface area contributed by atoms with Crippen LogP contribution in [-0.4, -0.2) is 47.4 Å². The van der Waals surface area contributed by atoms with Crippen molar-refractivity contribution in [3.8, 4) is 5.75 Å². The summed E-state index contributed by atoms with van der Waals surface area (Å²) in [4.78, 5) is 31.1. The Bertz CT molecular complexity index is 925. The first kappa shape index (κ1) is 21.8. The average Bonchev–Trinajstić information content (AvgIpc) is 3.52. The second-order valence-corrected chi connectivity index (χ2v) is 9.42. The van der Waals surface area contributed by atoms with Gasteiger partial charge in [-0.1, -0.05) is 6.92 Å². The van der Waals surface area contributed by atoms with E-state index in [9.17, 15) is 14.0 Å². The summed E-state index contributed by atoms with van der Waals surface area (Å²) in [6.07, 6.45) is 3.48. The van der Waals surface area contributed by atoms with Crippen LogP contribution in [0, 0.1) is 11.7 Å². The molecule has 31 heavy (non-hydrogen) atoms. The lowest BCUT2D eigenvalue weighted by molar-refractivity contribution is -0.145. The van der Waals surface area contributed by atoms with Crippen LogP contribution in [0.1, 0.15) is 49.6 Å². The van der Waals surface area contributed by atoms with Crippen LogP contribution in [0.5, 0.6) is 5.75 Å². The molecule has 1 fully saturated rings. The lowest BCUT2D eigenvalue weighted by atomic mass is 10.00. The quantitative estimate of drug-likeness (QED) is 0.605. The minimum atomic E-state index is -0.313. The van der Waals surface area contributed by atoms with Gasteiger partial charge in [-0.3, -0.25) is 9.59 Å². The molecule has 1 aromatic carbocycles. The van der Waals surface area contributed by atoms with Crippen molar-refractivity contribution in [3.63, 3.8) is 0 Å². The molecule has 1 aliphatic carbocycles. The normalized spacial score (nSPS) is 18.9. The van der Waals surface area contributed by atoms with Crippen molar-refractivity contribution in [1.29, 1.82) is 0 Å². The second kappa shape index (κ2) is 9.39. The summed E-state index contributed by atoms with van der Waals surface area (Å²) >= 11 is 1.70. The van der Waals surface area contributed by atoms with Crippen LogP contribution < -0.4 is 4.74 Å². The Morgan fingerprint density at radius 2 is 2.00 bits per heavy atom. The minimum absolute atomic E-state index is 0.0347. The first-order valence-electron chi connectivity index (χ1n) is 11.0. The molecule has 0 radical (unpaired) electrons. The van der Waals surface area contributed by atoms with Crippen LogP contribution in [0.25, 0.3) is 0 Å². The summed E-state index contributed by atoms with van der Waals surface area (Å²) in [5.74, 6) is 0.409. The number of thiophene rings is 1. The molecule has 2 amide bonds. The van der Waals surface area contributed by atoms with Gasteiger partial charge in [0.2, 0.25) is 11.8 Å². The van der Waals surface area contributed by atoms with E-state index in [1.165, 1.54) is 17.0 Å². The van der Waals surface area contributed by atoms with Crippen molar-refractivity contribution in [2.24, 2.45) is 5.92 Å². The van der Waals surface area contributed by atoms with Gasteiger partial charge in [-0.25, -0.2) is 4.39 Å². The van der Waals surface area contributed by atoms with E-state index in [2.05, 4.69) is 6.07 Å². The first-order valence-corrected chi connectivity index (χ1v) is 11.9. The maximum atomic E-state index is 13.4.